The summed E-state index contributed by atoms with van der Waals surface area (Å²) in [7, 11) is 0. The van der Waals surface area contributed by atoms with E-state index >= 15 is 0 Å². The molecule has 0 aliphatic heterocycles. The molecule has 0 spiro atoms. The molecule has 4 nitrogen and oxygen atoms in total. The molecule has 0 bridgehead atoms. The summed E-state index contributed by atoms with van der Waals surface area (Å²) in [6, 6.07) is 1.79. The van der Waals surface area contributed by atoms with Crippen molar-refractivity contribution in [2.24, 2.45) is 0 Å². The van der Waals surface area contributed by atoms with E-state index in [2.05, 4.69) is 10.5 Å². The van der Waals surface area contributed by atoms with Gasteiger partial charge in [0.1, 0.15) is 0 Å². The summed E-state index contributed by atoms with van der Waals surface area (Å²) in [6.45, 7) is 5.74. The molecule has 1 heterocycles. The van der Waals surface area contributed by atoms with E-state index in [-0.39, 0.29) is 17.7 Å². The Morgan fingerprint density at radius 3 is 2.92 bits per heavy atom. The second-order valence-corrected chi connectivity index (χ2v) is 3.12. The summed E-state index contributed by atoms with van der Waals surface area (Å²) in [6.07, 6.45) is 0.902. The molecule has 0 saturated carbocycles. The molecule has 1 N–H and O–H groups in total. The van der Waals surface area contributed by atoms with Crippen LogP contribution in [0.4, 0.5) is 0 Å². The minimum Gasteiger partial charge on any atom is -0.351 e. The first-order valence-electron chi connectivity index (χ1n) is 4.37. The summed E-state index contributed by atoms with van der Waals surface area (Å²) in [5.74, 6) is 0.0766. The molecule has 1 atom stereocenters. The number of carbonyl (C=O) groups is 1. The Morgan fingerprint density at radius 2 is 2.46 bits per heavy atom. The maximum Gasteiger partial charge on any atom is 0.290 e. The molecule has 72 valence electrons. The van der Waals surface area contributed by atoms with E-state index in [4.69, 9.17) is 4.52 Å². The minimum atomic E-state index is -0.199. The molecule has 1 aromatic heterocycles. The highest BCUT2D eigenvalue weighted by Crippen LogP contribution is 2.02. The fourth-order valence-corrected chi connectivity index (χ4v) is 0.868. The van der Waals surface area contributed by atoms with Gasteiger partial charge in [-0.15, -0.1) is 0 Å². The van der Waals surface area contributed by atoms with Gasteiger partial charge >= 0.3 is 0 Å². The first kappa shape index (κ1) is 9.77. The Balaban J connectivity index is 2.58. The quantitative estimate of drug-likeness (QED) is 0.770. The second kappa shape index (κ2) is 4.07. The van der Waals surface area contributed by atoms with E-state index in [1.165, 1.54) is 0 Å². The molecule has 0 unspecified atom stereocenters. The number of amides is 1. The van der Waals surface area contributed by atoms with Crippen LogP contribution in [0.2, 0.25) is 0 Å². The van der Waals surface area contributed by atoms with E-state index in [1.54, 1.807) is 13.0 Å². The number of hydrogen-bond acceptors (Lipinski definition) is 3. The number of nitrogens with one attached hydrogen (secondary N) is 1. The topological polar surface area (TPSA) is 55.1 Å². The van der Waals surface area contributed by atoms with Gasteiger partial charge in [-0.1, -0.05) is 12.1 Å². The number of rotatable bonds is 3. The predicted molar refractivity (Wildman–Crippen MR) is 48.5 cm³/mol. The van der Waals surface area contributed by atoms with E-state index in [0.717, 1.165) is 6.42 Å². The first-order valence-corrected chi connectivity index (χ1v) is 4.37. The molecule has 0 aliphatic rings. The van der Waals surface area contributed by atoms with Crippen LogP contribution in [-0.4, -0.2) is 17.1 Å². The van der Waals surface area contributed by atoms with Crippen molar-refractivity contribution < 1.29 is 9.32 Å². The molecule has 13 heavy (non-hydrogen) atoms. The standard InChI is InChI=1S/C9H14N2O2/c1-4-6(2)10-9(12)8-5-7(3)11-13-8/h5-6H,4H2,1-3H3,(H,10,12)/t6-/m0/s1. The molecule has 1 aromatic rings. The lowest BCUT2D eigenvalue weighted by molar-refractivity contribution is 0.0902. The maximum absolute atomic E-state index is 11.4. The third-order valence-corrected chi connectivity index (χ3v) is 1.84. The van der Waals surface area contributed by atoms with Crippen LogP contribution in [0.25, 0.3) is 0 Å². The van der Waals surface area contributed by atoms with Crippen LogP contribution < -0.4 is 5.32 Å². The monoisotopic (exact) mass is 182 g/mol. The van der Waals surface area contributed by atoms with E-state index in [0.29, 0.717) is 5.69 Å². The van der Waals surface area contributed by atoms with Crippen LogP contribution in [0, 0.1) is 6.92 Å². The zero-order valence-corrected chi connectivity index (χ0v) is 8.13. The van der Waals surface area contributed by atoms with E-state index in [1.807, 2.05) is 13.8 Å². The van der Waals surface area contributed by atoms with Crippen molar-refractivity contribution in [2.75, 3.05) is 0 Å². The maximum atomic E-state index is 11.4. The van der Waals surface area contributed by atoms with Crippen molar-refractivity contribution in [3.05, 3.63) is 17.5 Å². The van der Waals surface area contributed by atoms with Crippen molar-refractivity contribution in [3.8, 4) is 0 Å². The lowest BCUT2D eigenvalue weighted by atomic mass is 10.2. The van der Waals surface area contributed by atoms with Gasteiger partial charge in [-0.05, 0) is 20.3 Å². The highest BCUT2D eigenvalue weighted by atomic mass is 16.5. The van der Waals surface area contributed by atoms with Crippen LogP contribution in [-0.2, 0) is 0 Å². The molecule has 4 heteroatoms. The van der Waals surface area contributed by atoms with Gasteiger partial charge in [-0.3, -0.25) is 4.79 Å². The second-order valence-electron chi connectivity index (χ2n) is 3.12. The van der Waals surface area contributed by atoms with Crippen molar-refractivity contribution >= 4 is 5.91 Å². The molecule has 0 radical (unpaired) electrons. The Labute approximate surface area is 77.3 Å². The number of nitrogens with zero attached hydrogens (tertiary/aromatic N) is 1. The van der Waals surface area contributed by atoms with E-state index in [9.17, 15) is 4.79 Å². The zero-order valence-electron chi connectivity index (χ0n) is 8.13. The van der Waals surface area contributed by atoms with Gasteiger partial charge in [0.25, 0.3) is 5.91 Å². The highest BCUT2D eigenvalue weighted by molar-refractivity contribution is 5.91. The number of hydrogen-bond donors (Lipinski definition) is 1. The van der Waals surface area contributed by atoms with Crippen LogP contribution in [0.15, 0.2) is 10.6 Å². The van der Waals surface area contributed by atoms with Crippen LogP contribution in [0.1, 0.15) is 36.5 Å². The molecular formula is C9H14N2O2. The smallest absolute Gasteiger partial charge is 0.290 e. The molecule has 0 aliphatic carbocycles. The first-order chi connectivity index (χ1) is 6.13. The number of aromatic nitrogens is 1. The van der Waals surface area contributed by atoms with E-state index < -0.39 is 0 Å². The van der Waals surface area contributed by atoms with Gasteiger partial charge in [-0.25, -0.2) is 0 Å². The molecule has 0 saturated heterocycles. The van der Waals surface area contributed by atoms with Crippen LogP contribution in [0.3, 0.4) is 0 Å². The van der Waals surface area contributed by atoms with Crippen molar-refractivity contribution in [1.29, 1.82) is 0 Å². The SMILES string of the molecule is CC[C@H](C)NC(=O)c1cc(C)no1. The van der Waals surface area contributed by atoms with Gasteiger partial charge in [0.2, 0.25) is 5.76 Å². The Morgan fingerprint density at radius 1 is 1.77 bits per heavy atom. The number of carbonyl (C=O) groups excluding carboxylic acids is 1. The summed E-state index contributed by atoms with van der Waals surface area (Å²) >= 11 is 0. The highest BCUT2D eigenvalue weighted by Gasteiger charge is 2.12. The largest absolute Gasteiger partial charge is 0.351 e. The lowest BCUT2D eigenvalue weighted by Crippen LogP contribution is -2.31. The predicted octanol–water partition coefficient (Wildman–Crippen LogP) is 1.51. The molecule has 0 aromatic carbocycles. The van der Waals surface area contributed by atoms with Gasteiger partial charge in [-0.2, -0.15) is 0 Å². The van der Waals surface area contributed by atoms with Crippen molar-refractivity contribution in [3.63, 3.8) is 0 Å². The molecular weight excluding hydrogens is 168 g/mol. The zero-order chi connectivity index (χ0) is 9.84. The summed E-state index contributed by atoms with van der Waals surface area (Å²) in [5.41, 5.74) is 0.717. The molecule has 0 fully saturated rings. The lowest BCUT2D eigenvalue weighted by Gasteiger charge is -2.08. The van der Waals surface area contributed by atoms with Crippen LogP contribution in [0.5, 0.6) is 0 Å². The van der Waals surface area contributed by atoms with Crippen molar-refractivity contribution in [1.82, 2.24) is 10.5 Å². The normalized spacial score (nSPS) is 12.5. The van der Waals surface area contributed by atoms with Crippen LogP contribution >= 0.6 is 0 Å². The Hall–Kier alpha value is -1.32. The Bertz CT molecular complexity index is 294. The fourth-order valence-electron chi connectivity index (χ4n) is 0.868. The Kier molecular flexibility index (Phi) is 3.06. The van der Waals surface area contributed by atoms with Gasteiger partial charge in [0.05, 0.1) is 5.69 Å². The van der Waals surface area contributed by atoms with Gasteiger partial charge in [0.15, 0.2) is 0 Å². The average molecular weight is 182 g/mol. The molecule has 1 amide bonds. The summed E-state index contributed by atoms with van der Waals surface area (Å²) in [4.78, 5) is 11.4. The minimum absolute atomic E-state index is 0.165. The fraction of sp³-hybridized carbons (Fsp3) is 0.556. The van der Waals surface area contributed by atoms with Gasteiger partial charge in [0, 0.05) is 12.1 Å². The average Bonchev–Trinajstić information content (AvgIpc) is 2.51. The summed E-state index contributed by atoms with van der Waals surface area (Å²) in [5, 5.41) is 6.42. The van der Waals surface area contributed by atoms with Gasteiger partial charge < -0.3 is 9.84 Å². The third kappa shape index (κ3) is 2.57. The molecule has 1 rings (SSSR count). The summed E-state index contributed by atoms with van der Waals surface area (Å²) < 4.78 is 4.81. The number of aryl methyl sites for hydroxylation is 1. The third-order valence-electron chi connectivity index (χ3n) is 1.84. The van der Waals surface area contributed by atoms with Crippen molar-refractivity contribution in [2.45, 2.75) is 33.2 Å².